The molecule has 23 heavy (non-hydrogen) atoms. The monoisotopic (exact) mass is 331 g/mol. The number of rotatable bonds is 5. The Balaban J connectivity index is 1.96. The second kappa shape index (κ2) is 7.74. The van der Waals surface area contributed by atoms with E-state index in [1.165, 1.54) is 4.90 Å². The van der Waals surface area contributed by atoms with Gasteiger partial charge < -0.3 is 10.2 Å². The Kier molecular flexibility index (Phi) is 5.71. The standard InChI is InChI=1S/C17H18ClN3O2/c1-21(2)17(23)14-5-4-13(11-15(14)18)20-16(22)6-3-12-7-9-19-10-8-12/h4-5,7-11H,3,6H2,1-2H3,(H,20,22). The zero-order chi connectivity index (χ0) is 16.8. The van der Waals surface area contributed by atoms with Crippen LogP contribution in [-0.2, 0) is 11.2 Å². The summed E-state index contributed by atoms with van der Waals surface area (Å²) in [5.74, 6) is -0.282. The summed E-state index contributed by atoms with van der Waals surface area (Å²) in [4.78, 5) is 29.3. The number of carbonyl (C=O) groups is 2. The molecule has 120 valence electrons. The van der Waals surface area contributed by atoms with Gasteiger partial charge in [0.05, 0.1) is 10.6 Å². The van der Waals surface area contributed by atoms with Gasteiger partial charge in [0.2, 0.25) is 5.91 Å². The van der Waals surface area contributed by atoms with Gasteiger partial charge in [0.25, 0.3) is 5.91 Å². The largest absolute Gasteiger partial charge is 0.345 e. The molecule has 0 aliphatic heterocycles. The van der Waals surface area contributed by atoms with Crippen molar-refractivity contribution in [1.29, 1.82) is 0 Å². The zero-order valence-electron chi connectivity index (χ0n) is 13.0. The molecule has 0 saturated heterocycles. The van der Waals surface area contributed by atoms with Gasteiger partial charge in [-0.3, -0.25) is 14.6 Å². The Morgan fingerprint density at radius 3 is 2.48 bits per heavy atom. The molecule has 2 amide bonds. The molecule has 0 fully saturated rings. The molecule has 0 atom stereocenters. The van der Waals surface area contributed by atoms with Crippen LogP contribution in [0, 0.1) is 0 Å². The molecule has 0 aliphatic rings. The molecule has 0 aliphatic carbocycles. The minimum atomic E-state index is -0.175. The summed E-state index contributed by atoms with van der Waals surface area (Å²) < 4.78 is 0. The van der Waals surface area contributed by atoms with Crippen molar-refractivity contribution in [2.45, 2.75) is 12.8 Å². The number of nitrogens with one attached hydrogen (secondary N) is 1. The van der Waals surface area contributed by atoms with Crippen molar-refractivity contribution >= 4 is 29.1 Å². The number of aryl methyl sites for hydroxylation is 1. The molecular formula is C17H18ClN3O2. The summed E-state index contributed by atoms with van der Waals surface area (Å²) in [6, 6.07) is 8.64. The van der Waals surface area contributed by atoms with E-state index < -0.39 is 0 Å². The smallest absolute Gasteiger partial charge is 0.254 e. The van der Waals surface area contributed by atoms with Gasteiger partial charge in [-0.15, -0.1) is 0 Å². The van der Waals surface area contributed by atoms with E-state index in [-0.39, 0.29) is 11.8 Å². The first-order chi connectivity index (χ1) is 11.0. The van der Waals surface area contributed by atoms with Gasteiger partial charge in [0.1, 0.15) is 0 Å². The maximum atomic E-state index is 12.0. The van der Waals surface area contributed by atoms with Crippen LogP contribution in [0.4, 0.5) is 5.69 Å². The molecule has 6 heteroatoms. The molecule has 1 aromatic heterocycles. The molecule has 1 N–H and O–H groups in total. The van der Waals surface area contributed by atoms with E-state index in [2.05, 4.69) is 10.3 Å². The van der Waals surface area contributed by atoms with Crippen molar-refractivity contribution in [1.82, 2.24) is 9.88 Å². The van der Waals surface area contributed by atoms with Crippen LogP contribution in [0.25, 0.3) is 0 Å². The fourth-order valence-corrected chi connectivity index (χ4v) is 2.30. The van der Waals surface area contributed by atoms with Crippen molar-refractivity contribution in [3.05, 3.63) is 58.9 Å². The van der Waals surface area contributed by atoms with Crippen LogP contribution in [0.5, 0.6) is 0 Å². The molecular weight excluding hydrogens is 314 g/mol. The minimum absolute atomic E-state index is 0.107. The first-order valence-electron chi connectivity index (χ1n) is 7.17. The minimum Gasteiger partial charge on any atom is -0.345 e. The molecule has 1 aromatic carbocycles. The SMILES string of the molecule is CN(C)C(=O)c1ccc(NC(=O)CCc2ccncc2)cc1Cl. The Hall–Kier alpha value is -2.40. The predicted octanol–water partition coefficient (Wildman–Crippen LogP) is 3.01. The normalized spacial score (nSPS) is 10.2. The molecule has 1 heterocycles. The molecule has 5 nitrogen and oxygen atoms in total. The molecule has 0 unspecified atom stereocenters. The lowest BCUT2D eigenvalue weighted by Gasteiger charge is -2.12. The summed E-state index contributed by atoms with van der Waals surface area (Å²) in [5.41, 5.74) is 2.04. The number of carbonyl (C=O) groups excluding carboxylic acids is 2. The van der Waals surface area contributed by atoms with E-state index in [1.807, 2.05) is 12.1 Å². The van der Waals surface area contributed by atoms with Crippen molar-refractivity contribution in [2.75, 3.05) is 19.4 Å². The third-order valence-corrected chi connectivity index (χ3v) is 3.59. The highest BCUT2D eigenvalue weighted by Crippen LogP contribution is 2.22. The quantitative estimate of drug-likeness (QED) is 0.916. The number of hydrogen-bond donors (Lipinski definition) is 1. The van der Waals surface area contributed by atoms with Gasteiger partial charge in [-0.2, -0.15) is 0 Å². The Labute approximate surface area is 140 Å². The second-order valence-electron chi connectivity index (χ2n) is 5.30. The zero-order valence-corrected chi connectivity index (χ0v) is 13.8. The van der Waals surface area contributed by atoms with Gasteiger partial charge in [-0.1, -0.05) is 11.6 Å². The van der Waals surface area contributed by atoms with Crippen LogP contribution >= 0.6 is 11.6 Å². The lowest BCUT2D eigenvalue weighted by atomic mass is 10.1. The number of pyridine rings is 1. The molecule has 2 rings (SSSR count). The van der Waals surface area contributed by atoms with Crippen LogP contribution in [0.2, 0.25) is 5.02 Å². The third-order valence-electron chi connectivity index (χ3n) is 3.28. The summed E-state index contributed by atoms with van der Waals surface area (Å²) in [7, 11) is 3.32. The fourth-order valence-electron chi connectivity index (χ4n) is 2.04. The number of hydrogen-bond acceptors (Lipinski definition) is 3. The summed E-state index contributed by atoms with van der Waals surface area (Å²) in [6.45, 7) is 0. The first-order valence-corrected chi connectivity index (χ1v) is 7.55. The van der Waals surface area contributed by atoms with Crippen molar-refractivity contribution < 1.29 is 9.59 Å². The topological polar surface area (TPSA) is 62.3 Å². The van der Waals surface area contributed by atoms with Crippen LogP contribution in [0.15, 0.2) is 42.7 Å². The maximum Gasteiger partial charge on any atom is 0.254 e. The average Bonchev–Trinajstić information content (AvgIpc) is 2.53. The highest BCUT2D eigenvalue weighted by Gasteiger charge is 2.13. The number of anilines is 1. The van der Waals surface area contributed by atoms with Gasteiger partial charge in [-0.25, -0.2) is 0 Å². The number of nitrogens with zero attached hydrogens (tertiary/aromatic N) is 2. The van der Waals surface area contributed by atoms with Crippen LogP contribution in [0.3, 0.4) is 0 Å². The summed E-state index contributed by atoms with van der Waals surface area (Å²) >= 11 is 6.12. The first kappa shape index (κ1) is 17.0. The molecule has 0 saturated carbocycles. The van der Waals surface area contributed by atoms with Gasteiger partial charge in [0.15, 0.2) is 0 Å². The van der Waals surface area contributed by atoms with E-state index in [1.54, 1.807) is 44.7 Å². The van der Waals surface area contributed by atoms with Crippen molar-refractivity contribution in [3.8, 4) is 0 Å². The lowest BCUT2D eigenvalue weighted by Crippen LogP contribution is -2.22. The van der Waals surface area contributed by atoms with Crippen molar-refractivity contribution in [2.24, 2.45) is 0 Å². The lowest BCUT2D eigenvalue weighted by molar-refractivity contribution is -0.116. The average molecular weight is 332 g/mol. The number of amides is 2. The van der Waals surface area contributed by atoms with E-state index in [9.17, 15) is 9.59 Å². The Morgan fingerprint density at radius 2 is 1.87 bits per heavy atom. The van der Waals surface area contributed by atoms with E-state index in [0.29, 0.717) is 29.1 Å². The van der Waals surface area contributed by atoms with Gasteiger partial charge >= 0.3 is 0 Å². The number of benzene rings is 1. The van der Waals surface area contributed by atoms with Gasteiger partial charge in [-0.05, 0) is 42.3 Å². The van der Waals surface area contributed by atoms with Crippen LogP contribution in [-0.4, -0.2) is 35.8 Å². The number of aromatic nitrogens is 1. The van der Waals surface area contributed by atoms with E-state index >= 15 is 0 Å². The summed E-state index contributed by atoms with van der Waals surface area (Å²) in [5, 5.41) is 3.10. The molecule has 0 spiro atoms. The Bertz CT molecular complexity index is 702. The van der Waals surface area contributed by atoms with E-state index in [0.717, 1.165) is 5.56 Å². The predicted molar refractivity (Wildman–Crippen MR) is 90.7 cm³/mol. The van der Waals surface area contributed by atoms with Crippen LogP contribution in [0.1, 0.15) is 22.3 Å². The highest BCUT2D eigenvalue weighted by molar-refractivity contribution is 6.34. The third kappa shape index (κ3) is 4.79. The Morgan fingerprint density at radius 1 is 1.17 bits per heavy atom. The summed E-state index contributed by atoms with van der Waals surface area (Å²) in [6.07, 6.45) is 4.40. The maximum absolute atomic E-state index is 12.0. The van der Waals surface area contributed by atoms with Crippen molar-refractivity contribution in [3.63, 3.8) is 0 Å². The molecule has 0 bridgehead atoms. The fraction of sp³-hybridized carbons (Fsp3) is 0.235. The van der Waals surface area contributed by atoms with E-state index in [4.69, 9.17) is 11.6 Å². The van der Waals surface area contributed by atoms with Crippen LogP contribution < -0.4 is 5.32 Å². The molecule has 0 radical (unpaired) electrons. The second-order valence-corrected chi connectivity index (χ2v) is 5.71. The number of halogens is 1. The highest BCUT2D eigenvalue weighted by atomic mass is 35.5. The molecule has 2 aromatic rings. The van der Waals surface area contributed by atoms with Gasteiger partial charge in [0, 0.05) is 38.6 Å².